The van der Waals surface area contributed by atoms with E-state index in [1.807, 2.05) is 0 Å². The van der Waals surface area contributed by atoms with Crippen LogP contribution in [0.5, 0.6) is 0 Å². The number of nitrogens with zero attached hydrogens (tertiary/aromatic N) is 2. The van der Waals surface area contributed by atoms with Crippen LogP contribution in [0.2, 0.25) is 5.02 Å². The predicted octanol–water partition coefficient (Wildman–Crippen LogP) is 3.54. The molecule has 1 heterocycles. The summed E-state index contributed by atoms with van der Waals surface area (Å²) in [6, 6.07) is 0.346. The van der Waals surface area contributed by atoms with Gasteiger partial charge in [0, 0.05) is 12.6 Å². The molecule has 4 nitrogen and oxygen atoms in total. The van der Waals surface area contributed by atoms with Crippen molar-refractivity contribution in [3.05, 3.63) is 21.6 Å². The monoisotopic (exact) mass is 309 g/mol. The molecule has 21 heavy (non-hydrogen) atoms. The highest BCUT2D eigenvalue weighted by Gasteiger charge is 2.27. The molecule has 116 valence electrons. The van der Waals surface area contributed by atoms with E-state index in [4.69, 9.17) is 11.6 Å². The SMILES string of the molecule is CC1CCC(Nc2c(Cl)cnn(CC3CC3)c2=O)CC1C. The smallest absolute Gasteiger partial charge is 0.291 e. The van der Waals surface area contributed by atoms with Gasteiger partial charge in [-0.3, -0.25) is 4.79 Å². The fourth-order valence-corrected chi connectivity index (χ4v) is 3.34. The van der Waals surface area contributed by atoms with Crippen LogP contribution in [-0.4, -0.2) is 15.8 Å². The van der Waals surface area contributed by atoms with Crippen LogP contribution in [0, 0.1) is 17.8 Å². The Morgan fingerprint density at radius 3 is 2.71 bits per heavy atom. The van der Waals surface area contributed by atoms with Crippen molar-refractivity contribution in [1.82, 2.24) is 9.78 Å². The number of nitrogens with one attached hydrogen (secondary N) is 1. The average molecular weight is 310 g/mol. The van der Waals surface area contributed by atoms with Crippen LogP contribution in [0.3, 0.4) is 0 Å². The summed E-state index contributed by atoms with van der Waals surface area (Å²) in [5.74, 6) is 2.08. The Bertz CT molecular complexity index is 567. The molecule has 2 saturated carbocycles. The fraction of sp³-hybridized carbons (Fsp3) is 0.750. The van der Waals surface area contributed by atoms with Gasteiger partial charge in [0.1, 0.15) is 5.69 Å². The van der Waals surface area contributed by atoms with Crippen LogP contribution in [0.4, 0.5) is 5.69 Å². The van der Waals surface area contributed by atoms with Crippen molar-refractivity contribution in [3.63, 3.8) is 0 Å². The molecule has 2 fully saturated rings. The quantitative estimate of drug-likeness (QED) is 0.925. The lowest BCUT2D eigenvalue weighted by atomic mass is 9.79. The summed E-state index contributed by atoms with van der Waals surface area (Å²) in [7, 11) is 0. The third kappa shape index (κ3) is 3.42. The molecule has 0 saturated heterocycles. The van der Waals surface area contributed by atoms with Gasteiger partial charge in [-0.1, -0.05) is 25.4 Å². The fourth-order valence-electron chi connectivity index (χ4n) is 3.16. The minimum absolute atomic E-state index is 0.0688. The third-order valence-corrected chi connectivity index (χ3v) is 5.36. The summed E-state index contributed by atoms with van der Waals surface area (Å²) < 4.78 is 1.57. The number of hydrogen-bond acceptors (Lipinski definition) is 3. The van der Waals surface area contributed by atoms with Crippen LogP contribution in [0.25, 0.3) is 0 Å². The van der Waals surface area contributed by atoms with E-state index in [9.17, 15) is 4.79 Å². The first-order valence-electron chi connectivity index (χ1n) is 8.06. The molecule has 3 rings (SSSR count). The number of halogens is 1. The van der Waals surface area contributed by atoms with E-state index in [1.165, 1.54) is 19.3 Å². The van der Waals surface area contributed by atoms with Crippen molar-refractivity contribution in [2.24, 2.45) is 17.8 Å². The zero-order chi connectivity index (χ0) is 15.0. The van der Waals surface area contributed by atoms with Crippen LogP contribution in [0.1, 0.15) is 46.0 Å². The first-order chi connectivity index (χ1) is 10.0. The second kappa shape index (κ2) is 5.99. The normalized spacial score (nSPS) is 29.4. The van der Waals surface area contributed by atoms with Gasteiger partial charge in [0.05, 0.1) is 11.2 Å². The van der Waals surface area contributed by atoms with E-state index in [0.29, 0.717) is 28.6 Å². The Labute approximate surface area is 130 Å². The standard InChI is InChI=1S/C16H24ClN3O/c1-10-3-6-13(7-11(10)2)19-15-14(17)8-18-20(16(15)21)9-12-4-5-12/h8,10-13,19H,3-7,9H2,1-2H3. The Morgan fingerprint density at radius 2 is 2.05 bits per heavy atom. The van der Waals surface area contributed by atoms with Gasteiger partial charge in [-0.25, -0.2) is 4.68 Å². The zero-order valence-electron chi connectivity index (χ0n) is 12.8. The van der Waals surface area contributed by atoms with Gasteiger partial charge in [0.25, 0.3) is 5.56 Å². The van der Waals surface area contributed by atoms with E-state index in [0.717, 1.165) is 25.3 Å². The van der Waals surface area contributed by atoms with Crippen molar-refractivity contribution in [2.45, 2.75) is 58.5 Å². The lowest BCUT2D eigenvalue weighted by molar-refractivity contribution is 0.260. The minimum atomic E-state index is -0.0688. The topological polar surface area (TPSA) is 46.9 Å². The maximum absolute atomic E-state index is 12.5. The van der Waals surface area contributed by atoms with E-state index in [1.54, 1.807) is 10.9 Å². The molecule has 0 aliphatic heterocycles. The molecule has 0 spiro atoms. The van der Waals surface area contributed by atoms with Gasteiger partial charge in [-0.05, 0) is 49.9 Å². The van der Waals surface area contributed by atoms with Crippen LogP contribution < -0.4 is 10.9 Å². The third-order valence-electron chi connectivity index (χ3n) is 5.07. The van der Waals surface area contributed by atoms with Gasteiger partial charge < -0.3 is 5.32 Å². The van der Waals surface area contributed by atoms with Crippen molar-refractivity contribution in [3.8, 4) is 0 Å². The number of rotatable bonds is 4. The maximum Gasteiger partial charge on any atom is 0.291 e. The summed E-state index contributed by atoms with van der Waals surface area (Å²) in [5, 5.41) is 8.01. The number of anilines is 1. The molecule has 0 amide bonds. The van der Waals surface area contributed by atoms with Crippen molar-refractivity contribution in [2.75, 3.05) is 5.32 Å². The summed E-state index contributed by atoms with van der Waals surface area (Å²) in [6.45, 7) is 5.32. The number of hydrogen-bond donors (Lipinski definition) is 1. The lowest BCUT2D eigenvalue weighted by Gasteiger charge is -2.33. The summed E-state index contributed by atoms with van der Waals surface area (Å²) in [4.78, 5) is 12.5. The van der Waals surface area contributed by atoms with Gasteiger partial charge in [-0.2, -0.15) is 5.10 Å². The molecule has 0 radical (unpaired) electrons. The maximum atomic E-state index is 12.5. The first kappa shape index (κ1) is 14.9. The molecule has 3 atom stereocenters. The predicted molar refractivity (Wildman–Crippen MR) is 85.8 cm³/mol. The average Bonchev–Trinajstić information content (AvgIpc) is 3.26. The molecule has 1 N–H and O–H groups in total. The molecule has 2 aliphatic rings. The molecule has 2 aliphatic carbocycles. The van der Waals surface area contributed by atoms with Crippen LogP contribution >= 0.6 is 11.6 Å². The van der Waals surface area contributed by atoms with E-state index in [2.05, 4.69) is 24.3 Å². The Balaban J connectivity index is 1.76. The van der Waals surface area contributed by atoms with Crippen molar-refractivity contribution in [1.29, 1.82) is 0 Å². The number of aromatic nitrogens is 2. The van der Waals surface area contributed by atoms with Gasteiger partial charge in [0.15, 0.2) is 0 Å². The van der Waals surface area contributed by atoms with Crippen molar-refractivity contribution < 1.29 is 0 Å². The van der Waals surface area contributed by atoms with E-state index in [-0.39, 0.29) is 5.56 Å². The van der Waals surface area contributed by atoms with E-state index >= 15 is 0 Å². The summed E-state index contributed by atoms with van der Waals surface area (Å²) in [6.07, 6.45) is 7.42. The second-order valence-electron chi connectivity index (χ2n) is 6.91. The van der Waals surface area contributed by atoms with E-state index < -0.39 is 0 Å². The molecule has 1 aromatic rings. The van der Waals surface area contributed by atoms with Gasteiger partial charge in [0.2, 0.25) is 0 Å². The van der Waals surface area contributed by atoms with Gasteiger partial charge in [-0.15, -0.1) is 0 Å². The lowest BCUT2D eigenvalue weighted by Crippen LogP contribution is -2.34. The molecular weight excluding hydrogens is 286 g/mol. The largest absolute Gasteiger partial charge is 0.377 e. The molecular formula is C16H24ClN3O. The Kier molecular flexibility index (Phi) is 4.25. The molecule has 0 aromatic carbocycles. The minimum Gasteiger partial charge on any atom is -0.377 e. The van der Waals surface area contributed by atoms with Gasteiger partial charge >= 0.3 is 0 Å². The molecule has 1 aromatic heterocycles. The zero-order valence-corrected chi connectivity index (χ0v) is 13.6. The highest BCUT2D eigenvalue weighted by molar-refractivity contribution is 6.33. The van der Waals surface area contributed by atoms with Crippen LogP contribution in [-0.2, 0) is 6.54 Å². The summed E-state index contributed by atoms with van der Waals surface area (Å²) in [5.41, 5.74) is 0.472. The Morgan fingerprint density at radius 1 is 1.29 bits per heavy atom. The molecule has 0 bridgehead atoms. The second-order valence-corrected chi connectivity index (χ2v) is 7.31. The molecule has 5 heteroatoms. The van der Waals surface area contributed by atoms with Crippen molar-refractivity contribution >= 4 is 17.3 Å². The van der Waals surface area contributed by atoms with Crippen LogP contribution in [0.15, 0.2) is 11.0 Å². The highest BCUT2D eigenvalue weighted by Crippen LogP contribution is 2.32. The Hall–Kier alpha value is -1.03. The highest BCUT2D eigenvalue weighted by atomic mass is 35.5. The molecule has 3 unspecified atom stereocenters. The first-order valence-corrected chi connectivity index (χ1v) is 8.44. The summed E-state index contributed by atoms with van der Waals surface area (Å²) >= 11 is 6.20.